The Morgan fingerprint density at radius 1 is 1.29 bits per heavy atom. The molecule has 2 amide bonds. The van der Waals surface area contributed by atoms with Crippen molar-refractivity contribution in [3.05, 3.63) is 23.9 Å². The number of aromatic nitrogens is 1. The van der Waals surface area contributed by atoms with Gasteiger partial charge in [0.1, 0.15) is 5.82 Å². The lowest BCUT2D eigenvalue weighted by atomic mass is 10.0. The van der Waals surface area contributed by atoms with Crippen molar-refractivity contribution >= 4 is 17.6 Å². The Bertz CT molecular complexity index is 543. The van der Waals surface area contributed by atoms with Crippen molar-refractivity contribution in [2.45, 2.75) is 31.7 Å². The maximum Gasteiger partial charge on any atom is 0.255 e. The number of amides is 2. The molecule has 0 saturated carbocycles. The van der Waals surface area contributed by atoms with E-state index in [-0.39, 0.29) is 17.9 Å². The van der Waals surface area contributed by atoms with Crippen LogP contribution in [0.15, 0.2) is 18.3 Å². The van der Waals surface area contributed by atoms with E-state index < -0.39 is 0 Å². The zero-order chi connectivity index (χ0) is 14.8. The third kappa shape index (κ3) is 2.84. The van der Waals surface area contributed by atoms with E-state index in [0.717, 1.165) is 32.4 Å². The van der Waals surface area contributed by atoms with Crippen LogP contribution in [0.5, 0.6) is 0 Å². The number of likely N-dealkylation sites (tertiary alicyclic amines) is 2. The Kier molecular flexibility index (Phi) is 3.77. The van der Waals surface area contributed by atoms with E-state index >= 15 is 0 Å². The summed E-state index contributed by atoms with van der Waals surface area (Å²) in [4.78, 5) is 32.1. The number of piperidine rings is 1. The molecule has 0 unspecified atom stereocenters. The molecule has 0 bridgehead atoms. The van der Waals surface area contributed by atoms with Gasteiger partial charge in [0, 0.05) is 38.3 Å². The van der Waals surface area contributed by atoms with E-state index in [1.807, 2.05) is 9.80 Å². The Balaban J connectivity index is 1.69. The molecular formula is C15H20N4O2. The van der Waals surface area contributed by atoms with Crippen molar-refractivity contribution < 1.29 is 9.59 Å². The highest BCUT2D eigenvalue weighted by atomic mass is 16.2. The van der Waals surface area contributed by atoms with Gasteiger partial charge in [0.25, 0.3) is 5.91 Å². The molecule has 2 aliphatic rings. The summed E-state index contributed by atoms with van der Waals surface area (Å²) >= 11 is 0. The van der Waals surface area contributed by atoms with Crippen LogP contribution in [-0.2, 0) is 4.79 Å². The number of anilines is 1. The fraction of sp³-hybridized carbons (Fsp3) is 0.533. The quantitative estimate of drug-likeness (QED) is 0.876. The maximum absolute atomic E-state index is 12.5. The number of carbonyl (C=O) groups excluding carboxylic acids is 2. The van der Waals surface area contributed by atoms with Gasteiger partial charge >= 0.3 is 0 Å². The van der Waals surface area contributed by atoms with Gasteiger partial charge in [-0.1, -0.05) is 0 Å². The van der Waals surface area contributed by atoms with Crippen LogP contribution in [0.3, 0.4) is 0 Å². The molecule has 0 spiro atoms. The van der Waals surface area contributed by atoms with E-state index in [2.05, 4.69) is 4.98 Å². The Morgan fingerprint density at radius 3 is 2.81 bits per heavy atom. The summed E-state index contributed by atoms with van der Waals surface area (Å²) in [6, 6.07) is 3.51. The van der Waals surface area contributed by atoms with Crippen LogP contribution in [0, 0.1) is 0 Å². The number of hydrogen-bond acceptors (Lipinski definition) is 4. The second-order valence-corrected chi connectivity index (χ2v) is 5.71. The van der Waals surface area contributed by atoms with E-state index in [1.165, 1.54) is 6.20 Å². The van der Waals surface area contributed by atoms with Crippen LogP contribution in [0.2, 0.25) is 0 Å². The van der Waals surface area contributed by atoms with Crippen LogP contribution in [-0.4, -0.2) is 52.3 Å². The van der Waals surface area contributed by atoms with Gasteiger partial charge in [-0.2, -0.15) is 0 Å². The van der Waals surface area contributed by atoms with Crippen LogP contribution < -0.4 is 5.73 Å². The molecule has 21 heavy (non-hydrogen) atoms. The third-order valence-corrected chi connectivity index (χ3v) is 4.27. The molecule has 2 saturated heterocycles. The lowest BCUT2D eigenvalue weighted by molar-refractivity contribution is -0.130. The highest BCUT2D eigenvalue weighted by Gasteiger charge is 2.32. The Morgan fingerprint density at radius 2 is 2.14 bits per heavy atom. The summed E-state index contributed by atoms with van der Waals surface area (Å²) in [7, 11) is 0. The molecule has 112 valence electrons. The van der Waals surface area contributed by atoms with Gasteiger partial charge in [-0.05, 0) is 31.4 Å². The number of rotatable bonds is 2. The molecule has 1 aromatic rings. The lowest BCUT2D eigenvalue weighted by Gasteiger charge is -2.37. The van der Waals surface area contributed by atoms with Gasteiger partial charge in [-0.3, -0.25) is 9.59 Å². The third-order valence-electron chi connectivity index (χ3n) is 4.27. The summed E-state index contributed by atoms with van der Waals surface area (Å²) in [5.41, 5.74) is 6.10. The second-order valence-electron chi connectivity index (χ2n) is 5.71. The Labute approximate surface area is 123 Å². The first-order valence-electron chi connectivity index (χ1n) is 7.45. The highest BCUT2D eigenvalue weighted by Crippen LogP contribution is 2.22. The number of carbonyl (C=O) groups is 2. The van der Waals surface area contributed by atoms with Crippen LogP contribution in [0.4, 0.5) is 5.82 Å². The predicted octanol–water partition coefficient (Wildman–Crippen LogP) is 0.891. The first kappa shape index (κ1) is 13.9. The fourth-order valence-corrected chi connectivity index (χ4v) is 3.16. The van der Waals surface area contributed by atoms with Crippen molar-refractivity contribution in [2.24, 2.45) is 0 Å². The number of pyridine rings is 1. The van der Waals surface area contributed by atoms with Gasteiger partial charge in [-0.25, -0.2) is 4.98 Å². The first-order chi connectivity index (χ1) is 10.1. The molecule has 2 N–H and O–H groups in total. The monoisotopic (exact) mass is 288 g/mol. The largest absolute Gasteiger partial charge is 0.384 e. The smallest absolute Gasteiger partial charge is 0.255 e. The minimum absolute atomic E-state index is 0.0288. The first-order valence-corrected chi connectivity index (χ1v) is 7.45. The van der Waals surface area contributed by atoms with Crippen molar-refractivity contribution in [3.63, 3.8) is 0 Å². The summed E-state index contributed by atoms with van der Waals surface area (Å²) in [6.45, 7) is 2.19. The molecule has 0 radical (unpaired) electrons. The molecule has 3 rings (SSSR count). The molecule has 2 fully saturated rings. The summed E-state index contributed by atoms with van der Waals surface area (Å²) in [6.07, 6.45) is 5.01. The molecule has 0 aromatic carbocycles. The van der Waals surface area contributed by atoms with E-state index in [9.17, 15) is 9.59 Å². The van der Waals surface area contributed by atoms with Gasteiger partial charge in [-0.15, -0.1) is 0 Å². The van der Waals surface area contributed by atoms with Crippen molar-refractivity contribution in [1.29, 1.82) is 0 Å². The van der Waals surface area contributed by atoms with Gasteiger partial charge in [0.15, 0.2) is 0 Å². The molecule has 6 heteroatoms. The average Bonchev–Trinajstić information content (AvgIpc) is 2.94. The zero-order valence-electron chi connectivity index (χ0n) is 12.0. The minimum Gasteiger partial charge on any atom is -0.384 e. The van der Waals surface area contributed by atoms with Crippen molar-refractivity contribution in [1.82, 2.24) is 14.8 Å². The number of nitrogen functional groups attached to an aromatic ring is 1. The van der Waals surface area contributed by atoms with Crippen LogP contribution in [0.25, 0.3) is 0 Å². The average molecular weight is 288 g/mol. The second kappa shape index (κ2) is 5.71. The normalized spacial score (nSPS) is 22.7. The topological polar surface area (TPSA) is 79.5 Å². The molecule has 1 aromatic heterocycles. The van der Waals surface area contributed by atoms with Crippen molar-refractivity contribution in [3.8, 4) is 0 Å². The SMILES string of the molecule is Nc1ccc(C(=O)N2CCC[C@@H](N3CCCC3=O)C2)cn1. The molecule has 2 aliphatic heterocycles. The number of nitrogens with two attached hydrogens (primary N) is 1. The summed E-state index contributed by atoms with van der Waals surface area (Å²) in [5, 5.41) is 0. The van der Waals surface area contributed by atoms with Crippen molar-refractivity contribution in [2.75, 3.05) is 25.4 Å². The highest BCUT2D eigenvalue weighted by molar-refractivity contribution is 5.94. The molecule has 3 heterocycles. The van der Waals surface area contributed by atoms with Gasteiger partial charge in [0.2, 0.25) is 5.91 Å². The molecule has 6 nitrogen and oxygen atoms in total. The van der Waals surface area contributed by atoms with Gasteiger partial charge in [0.05, 0.1) is 5.56 Å². The molecular weight excluding hydrogens is 268 g/mol. The number of hydrogen-bond donors (Lipinski definition) is 1. The lowest BCUT2D eigenvalue weighted by Crippen LogP contribution is -2.50. The van der Waals surface area contributed by atoms with E-state index in [1.54, 1.807) is 12.1 Å². The predicted molar refractivity (Wildman–Crippen MR) is 78.5 cm³/mol. The summed E-state index contributed by atoms with van der Waals surface area (Å²) in [5.74, 6) is 0.605. The number of nitrogens with zero attached hydrogens (tertiary/aromatic N) is 3. The Hall–Kier alpha value is -2.11. The molecule has 0 aliphatic carbocycles. The maximum atomic E-state index is 12.5. The standard InChI is InChI=1S/C15H20N4O2/c16-13-6-5-11(9-17-13)15(21)18-7-1-3-12(10-18)19-8-2-4-14(19)20/h5-6,9,12H,1-4,7-8,10H2,(H2,16,17)/t12-/m1/s1. The van der Waals surface area contributed by atoms with E-state index in [4.69, 9.17) is 5.73 Å². The van der Waals surface area contributed by atoms with Gasteiger partial charge < -0.3 is 15.5 Å². The fourth-order valence-electron chi connectivity index (χ4n) is 3.16. The summed E-state index contributed by atoms with van der Waals surface area (Å²) < 4.78 is 0. The van der Waals surface area contributed by atoms with Crippen LogP contribution >= 0.6 is 0 Å². The zero-order valence-corrected chi connectivity index (χ0v) is 12.0. The van der Waals surface area contributed by atoms with E-state index in [0.29, 0.717) is 24.3 Å². The van der Waals surface area contributed by atoms with Crippen LogP contribution in [0.1, 0.15) is 36.0 Å². The molecule has 1 atom stereocenters. The minimum atomic E-state index is -0.0288.